The predicted octanol–water partition coefficient (Wildman–Crippen LogP) is 2.27. The first kappa shape index (κ1) is 12.0. The van der Waals surface area contributed by atoms with Gasteiger partial charge in [-0.1, -0.05) is 11.3 Å². The second kappa shape index (κ2) is 4.89. The largest absolute Gasteiger partial charge is 0.399 e. The highest BCUT2D eigenvalue weighted by atomic mass is 32.1. The number of nitrogens with two attached hydrogens (primary N) is 1. The van der Waals surface area contributed by atoms with E-state index in [4.69, 9.17) is 5.73 Å². The van der Waals surface area contributed by atoms with Crippen molar-refractivity contribution < 1.29 is 0 Å². The average molecular weight is 273 g/mol. The molecule has 19 heavy (non-hydrogen) atoms. The van der Waals surface area contributed by atoms with Crippen LogP contribution in [-0.4, -0.2) is 21.3 Å². The number of nitrogens with one attached hydrogen (secondary N) is 1. The summed E-state index contributed by atoms with van der Waals surface area (Å²) in [6.45, 7) is 0.848. The lowest BCUT2D eigenvalue weighted by molar-refractivity contribution is 0.767. The van der Waals surface area contributed by atoms with E-state index >= 15 is 0 Å². The minimum absolute atomic E-state index is 0.776. The topological polar surface area (TPSA) is 68.8 Å². The number of aryl methyl sites for hydroxylation is 1. The third kappa shape index (κ3) is 2.68. The molecule has 2 aromatic heterocycles. The van der Waals surface area contributed by atoms with Crippen molar-refractivity contribution in [1.82, 2.24) is 14.8 Å². The lowest BCUT2D eigenvalue weighted by atomic mass is 10.2. The highest BCUT2D eigenvalue weighted by Crippen LogP contribution is 2.27. The van der Waals surface area contributed by atoms with Gasteiger partial charge in [-0.05, 0) is 30.2 Å². The molecule has 3 rings (SSSR count). The van der Waals surface area contributed by atoms with Crippen LogP contribution in [0.2, 0.25) is 0 Å². The summed E-state index contributed by atoms with van der Waals surface area (Å²) in [5, 5.41) is 8.42. The van der Waals surface area contributed by atoms with E-state index in [2.05, 4.69) is 15.4 Å². The van der Waals surface area contributed by atoms with Crippen LogP contribution < -0.4 is 11.1 Å². The summed E-state index contributed by atoms with van der Waals surface area (Å²) >= 11 is 1.63. The van der Waals surface area contributed by atoms with E-state index in [-0.39, 0.29) is 0 Å². The minimum atomic E-state index is 0.776. The minimum Gasteiger partial charge on any atom is -0.399 e. The molecule has 3 aromatic rings. The zero-order chi connectivity index (χ0) is 13.2. The van der Waals surface area contributed by atoms with Gasteiger partial charge in [-0.3, -0.25) is 4.68 Å². The van der Waals surface area contributed by atoms with Crippen molar-refractivity contribution in [3.8, 4) is 0 Å². The van der Waals surface area contributed by atoms with Crippen LogP contribution in [0.15, 0.2) is 30.6 Å². The number of benzene rings is 1. The number of hydrogen-bond acceptors (Lipinski definition) is 5. The van der Waals surface area contributed by atoms with Gasteiger partial charge >= 0.3 is 0 Å². The number of nitrogen functional groups attached to an aromatic ring is 1. The van der Waals surface area contributed by atoms with Crippen molar-refractivity contribution >= 4 is 32.4 Å². The summed E-state index contributed by atoms with van der Waals surface area (Å²) in [4.78, 5) is 4.52. The maximum Gasteiger partial charge on any atom is 0.183 e. The molecule has 2 heterocycles. The van der Waals surface area contributed by atoms with Crippen molar-refractivity contribution in [1.29, 1.82) is 0 Å². The van der Waals surface area contributed by atoms with E-state index in [0.29, 0.717) is 0 Å². The van der Waals surface area contributed by atoms with Gasteiger partial charge in [-0.15, -0.1) is 0 Å². The first-order chi connectivity index (χ1) is 9.20. The van der Waals surface area contributed by atoms with Gasteiger partial charge in [-0.25, -0.2) is 4.98 Å². The van der Waals surface area contributed by atoms with Crippen LogP contribution in [0, 0.1) is 0 Å². The van der Waals surface area contributed by atoms with Gasteiger partial charge in [0, 0.05) is 25.5 Å². The molecule has 0 aliphatic carbocycles. The third-order valence-corrected chi connectivity index (χ3v) is 3.84. The second-order valence-corrected chi connectivity index (χ2v) is 5.48. The Hall–Kier alpha value is -2.08. The molecular formula is C13H15N5S. The van der Waals surface area contributed by atoms with Crippen molar-refractivity contribution in [3.63, 3.8) is 0 Å². The summed E-state index contributed by atoms with van der Waals surface area (Å²) in [6, 6.07) is 5.79. The predicted molar refractivity (Wildman–Crippen MR) is 79.4 cm³/mol. The normalized spacial score (nSPS) is 11.0. The number of hydrogen-bond donors (Lipinski definition) is 2. The summed E-state index contributed by atoms with van der Waals surface area (Å²) < 4.78 is 2.93. The van der Waals surface area contributed by atoms with Crippen molar-refractivity contribution in [2.75, 3.05) is 17.6 Å². The third-order valence-electron chi connectivity index (χ3n) is 2.86. The first-order valence-electron chi connectivity index (χ1n) is 6.08. The molecule has 0 unspecified atom stereocenters. The summed E-state index contributed by atoms with van der Waals surface area (Å²) in [5.41, 5.74) is 8.75. The van der Waals surface area contributed by atoms with E-state index in [1.54, 1.807) is 11.3 Å². The molecular weight excluding hydrogens is 258 g/mol. The fourth-order valence-electron chi connectivity index (χ4n) is 1.93. The number of anilines is 2. The van der Waals surface area contributed by atoms with Crippen LogP contribution in [0.4, 0.5) is 10.8 Å². The fourth-order valence-corrected chi connectivity index (χ4v) is 2.87. The lowest BCUT2D eigenvalue weighted by Gasteiger charge is -1.99. The molecule has 6 heteroatoms. The number of nitrogens with zero attached hydrogens (tertiary/aromatic N) is 3. The maximum absolute atomic E-state index is 5.76. The molecule has 98 valence electrons. The highest BCUT2D eigenvalue weighted by molar-refractivity contribution is 7.22. The van der Waals surface area contributed by atoms with Gasteiger partial charge in [0.05, 0.1) is 16.4 Å². The fraction of sp³-hybridized carbons (Fsp3) is 0.231. The Labute approximate surface area is 115 Å². The first-order valence-corrected chi connectivity index (χ1v) is 6.90. The Morgan fingerprint density at radius 3 is 3.11 bits per heavy atom. The van der Waals surface area contributed by atoms with E-state index < -0.39 is 0 Å². The SMILES string of the molecule is Cn1cc(CCNc2nc3ccc(N)cc3s2)cn1. The maximum atomic E-state index is 5.76. The second-order valence-electron chi connectivity index (χ2n) is 4.45. The lowest BCUT2D eigenvalue weighted by Crippen LogP contribution is -2.03. The molecule has 0 aliphatic heterocycles. The summed E-state index contributed by atoms with van der Waals surface area (Å²) in [7, 11) is 1.93. The van der Waals surface area contributed by atoms with E-state index in [9.17, 15) is 0 Å². The Morgan fingerprint density at radius 2 is 2.32 bits per heavy atom. The molecule has 0 saturated carbocycles. The smallest absolute Gasteiger partial charge is 0.183 e. The molecule has 0 bridgehead atoms. The Bertz CT molecular complexity index is 700. The Kier molecular flexibility index (Phi) is 3.08. The Morgan fingerprint density at radius 1 is 1.42 bits per heavy atom. The van der Waals surface area contributed by atoms with Crippen LogP contribution in [-0.2, 0) is 13.5 Å². The monoisotopic (exact) mass is 273 g/mol. The van der Waals surface area contributed by atoms with E-state index in [0.717, 1.165) is 34.0 Å². The standard InChI is InChI=1S/C13H15N5S/c1-18-8-9(7-16-18)4-5-15-13-17-11-3-2-10(14)6-12(11)19-13/h2-3,6-8H,4-5,14H2,1H3,(H,15,17). The quantitative estimate of drug-likeness (QED) is 0.715. The molecule has 0 spiro atoms. The molecule has 0 amide bonds. The van der Waals surface area contributed by atoms with Crippen LogP contribution in [0.25, 0.3) is 10.2 Å². The van der Waals surface area contributed by atoms with E-state index in [1.165, 1.54) is 5.56 Å². The van der Waals surface area contributed by atoms with Crippen molar-refractivity contribution in [2.24, 2.45) is 7.05 Å². The van der Waals surface area contributed by atoms with Gasteiger partial charge in [0.15, 0.2) is 5.13 Å². The van der Waals surface area contributed by atoms with Crippen LogP contribution >= 0.6 is 11.3 Å². The van der Waals surface area contributed by atoms with Gasteiger partial charge < -0.3 is 11.1 Å². The van der Waals surface area contributed by atoms with E-state index in [1.807, 2.05) is 42.3 Å². The Balaban J connectivity index is 1.65. The average Bonchev–Trinajstić information content (AvgIpc) is 2.95. The van der Waals surface area contributed by atoms with Gasteiger partial charge in [-0.2, -0.15) is 5.10 Å². The molecule has 0 atom stereocenters. The van der Waals surface area contributed by atoms with Crippen molar-refractivity contribution in [2.45, 2.75) is 6.42 Å². The molecule has 5 nitrogen and oxygen atoms in total. The van der Waals surface area contributed by atoms with Gasteiger partial charge in [0.1, 0.15) is 0 Å². The molecule has 0 saturated heterocycles. The summed E-state index contributed by atoms with van der Waals surface area (Å²) in [6.07, 6.45) is 4.85. The van der Waals surface area contributed by atoms with Crippen molar-refractivity contribution in [3.05, 3.63) is 36.2 Å². The van der Waals surface area contributed by atoms with Crippen LogP contribution in [0.5, 0.6) is 0 Å². The number of thiazole rings is 1. The van der Waals surface area contributed by atoms with Crippen LogP contribution in [0.1, 0.15) is 5.56 Å². The number of rotatable bonds is 4. The van der Waals surface area contributed by atoms with Gasteiger partial charge in [0.2, 0.25) is 0 Å². The van der Waals surface area contributed by atoms with Gasteiger partial charge in [0.25, 0.3) is 0 Å². The highest BCUT2D eigenvalue weighted by Gasteiger charge is 2.03. The number of aromatic nitrogens is 3. The molecule has 0 fully saturated rings. The zero-order valence-electron chi connectivity index (χ0n) is 10.6. The number of fused-ring (bicyclic) bond motifs is 1. The molecule has 3 N–H and O–H groups in total. The molecule has 1 aromatic carbocycles. The summed E-state index contributed by atoms with van der Waals surface area (Å²) in [5.74, 6) is 0. The van der Waals surface area contributed by atoms with Crippen LogP contribution in [0.3, 0.4) is 0 Å². The molecule has 0 radical (unpaired) electrons. The zero-order valence-corrected chi connectivity index (χ0v) is 11.4. The molecule has 0 aliphatic rings.